The first-order valence-electron chi connectivity index (χ1n) is 8.41. The molecule has 1 aromatic heterocycles. The highest BCUT2D eigenvalue weighted by Gasteiger charge is 2.25. The summed E-state index contributed by atoms with van der Waals surface area (Å²) in [5, 5.41) is 0. The summed E-state index contributed by atoms with van der Waals surface area (Å²) in [6.07, 6.45) is 4.99. The average Bonchev–Trinajstić information content (AvgIpc) is 2.70. The number of carbonyl (C=O) groups is 2. The van der Waals surface area contributed by atoms with E-state index < -0.39 is 27.9 Å². The Labute approximate surface area is 168 Å². The molecular weight excluding hydrogens is 400 g/mol. The summed E-state index contributed by atoms with van der Waals surface area (Å²) in [5.41, 5.74) is 5.73. The van der Waals surface area contributed by atoms with Gasteiger partial charge < -0.3 is 0 Å². The van der Waals surface area contributed by atoms with Gasteiger partial charge in [-0.2, -0.15) is 16.5 Å². The van der Waals surface area contributed by atoms with Crippen molar-refractivity contribution in [1.29, 1.82) is 0 Å². The van der Waals surface area contributed by atoms with Gasteiger partial charge in [0.15, 0.2) is 0 Å². The molecule has 2 amide bonds. The van der Waals surface area contributed by atoms with Crippen molar-refractivity contribution < 1.29 is 18.0 Å². The van der Waals surface area contributed by atoms with Crippen LogP contribution < -0.4 is 15.6 Å². The van der Waals surface area contributed by atoms with Gasteiger partial charge in [0.1, 0.15) is 6.04 Å². The van der Waals surface area contributed by atoms with E-state index in [1.54, 1.807) is 24.3 Å². The fourth-order valence-electron chi connectivity index (χ4n) is 2.23. The molecule has 0 saturated carbocycles. The van der Waals surface area contributed by atoms with E-state index in [0.717, 1.165) is 5.56 Å². The maximum absolute atomic E-state index is 12.6. The first-order valence-corrected chi connectivity index (χ1v) is 11.3. The molecule has 8 nitrogen and oxygen atoms in total. The third-order valence-corrected chi connectivity index (χ3v) is 5.91. The van der Waals surface area contributed by atoms with Gasteiger partial charge in [-0.3, -0.25) is 25.4 Å². The molecule has 2 aromatic rings. The summed E-state index contributed by atoms with van der Waals surface area (Å²) < 4.78 is 27.6. The molecule has 2 rings (SSSR count). The molecule has 10 heteroatoms. The van der Waals surface area contributed by atoms with Gasteiger partial charge in [0.25, 0.3) is 11.8 Å². The Kier molecular flexibility index (Phi) is 7.97. The Morgan fingerprint density at radius 2 is 1.86 bits per heavy atom. The normalized spacial score (nSPS) is 12.2. The monoisotopic (exact) mass is 422 g/mol. The quantitative estimate of drug-likeness (QED) is 0.551. The molecule has 1 unspecified atom stereocenters. The Bertz CT molecular complexity index is 903. The fourth-order valence-corrected chi connectivity index (χ4v) is 3.93. The van der Waals surface area contributed by atoms with E-state index in [-0.39, 0.29) is 16.9 Å². The van der Waals surface area contributed by atoms with Gasteiger partial charge in [0.05, 0.1) is 10.5 Å². The summed E-state index contributed by atoms with van der Waals surface area (Å²) in [6.45, 7) is 1.85. The molecular formula is C18H22N4O4S2. The number of benzene rings is 1. The highest BCUT2D eigenvalue weighted by Crippen LogP contribution is 2.12. The zero-order chi connectivity index (χ0) is 20.6. The van der Waals surface area contributed by atoms with Crippen molar-refractivity contribution in [3.63, 3.8) is 0 Å². The minimum atomic E-state index is -3.89. The summed E-state index contributed by atoms with van der Waals surface area (Å²) in [6, 6.07) is 8.41. The molecule has 0 bridgehead atoms. The van der Waals surface area contributed by atoms with Crippen LogP contribution in [0.5, 0.6) is 0 Å². The second kappa shape index (κ2) is 10.2. The summed E-state index contributed by atoms with van der Waals surface area (Å²) in [4.78, 5) is 28.4. The van der Waals surface area contributed by atoms with Crippen molar-refractivity contribution in [2.24, 2.45) is 0 Å². The second-order valence-electron chi connectivity index (χ2n) is 5.95. The van der Waals surface area contributed by atoms with E-state index in [2.05, 4.69) is 20.6 Å². The minimum absolute atomic E-state index is 0.0689. The number of hydrazine groups is 1. The van der Waals surface area contributed by atoms with Gasteiger partial charge >= 0.3 is 0 Å². The molecule has 0 spiro atoms. The van der Waals surface area contributed by atoms with Crippen molar-refractivity contribution in [3.8, 4) is 0 Å². The zero-order valence-electron chi connectivity index (χ0n) is 15.5. The topological polar surface area (TPSA) is 117 Å². The van der Waals surface area contributed by atoms with E-state index >= 15 is 0 Å². The van der Waals surface area contributed by atoms with Gasteiger partial charge in [-0.15, -0.1) is 0 Å². The number of aromatic nitrogens is 1. The van der Waals surface area contributed by atoms with Gasteiger partial charge in [-0.25, -0.2) is 8.42 Å². The third kappa shape index (κ3) is 6.32. The molecule has 0 saturated heterocycles. The van der Waals surface area contributed by atoms with Crippen LogP contribution >= 0.6 is 11.8 Å². The van der Waals surface area contributed by atoms with E-state index in [1.807, 2.05) is 13.2 Å². The van der Waals surface area contributed by atoms with Crippen LogP contribution in [-0.4, -0.2) is 43.3 Å². The number of amides is 2. The lowest BCUT2D eigenvalue weighted by Crippen LogP contribution is -2.52. The molecule has 1 atom stereocenters. The molecule has 0 aliphatic carbocycles. The fraction of sp³-hybridized carbons (Fsp3) is 0.278. The van der Waals surface area contributed by atoms with Gasteiger partial charge in [0, 0.05) is 12.4 Å². The Morgan fingerprint density at radius 1 is 1.14 bits per heavy atom. The minimum Gasteiger partial charge on any atom is -0.271 e. The number of sulfonamides is 1. The Balaban J connectivity index is 2.06. The number of rotatable bonds is 8. The summed E-state index contributed by atoms with van der Waals surface area (Å²) >= 11 is 1.48. The average molecular weight is 423 g/mol. The number of hydrogen-bond donors (Lipinski definition) is 3. The van der Waals surface area contributed by atoms with Gasteiger partial charge in [0.2, 0.25) is 10.0 Å². The molecule has 28 heavy (non-hydrogen) atoms. The molecule has 0 aliphatic rings. The number of hydrogen-bond acceptors (Lipinski definition) is 6. The van der Waals surface area contributed by atoms with Crippen LogP contribution in [0.2, 0.25) is 0 Å². The van der Waals surface area contributed by atoms with E-state index in [4.69, 9.17) is 0 Å². The number of thioether (sulfide) groups is 1. The largest absolute Gasteiger partial charge is 0.271 e. The summed E-state index contributed by atoms with van der Waals surface area (Å²) in [5.74, 6) is -0.640. The highest BCUT2D eigenvalue weighted by molar-refractivity contribution is 7.98. The van der Waals surface area contributed by atoms with Crippen molar-refractivity contribution in [2.45, 2.75) is 24.3 Å². The van der Waals surface area contributed by atoms with Crippen LogP contribution in [0, 0.1) is 6.92 Å². The number of pyridine rings is 1. The van der Waals surface area contributed by atoms with Crippen LogP contribution in [0.4, 0.5) is 0 Å². The molecule has 0 radical (unpaired) electrons. The lowest BCUT2D eigenvalue weighted by Gasteiger charge is -2.18. The van der Waals surface area contributed by atoms with E-state index in [1.165, 1.54) is 36.3 Å². The SMILES string of the molecule is CSCCC(NS(=O)(=O)c1ccc(C)cc1)C(=O)NNC(=O)c1cccnc1. The number of nitrogens with one attached hydrogen (secondary N) is 3. The van der Waals surface area contributed by atoms with Crippen molar-refractivity contribution in [2.75, 3.05) is 12.0 Å². The standard InChI is InChI=1S/C18H22N4O4S2/c1-13-5-7-15(8-6-13)28(25,26)22-16(9-11-27-2)18(24)21-20-17(23)14-4-3-10-19-12-14/h3-8,10,12,16,22H,9,11H2,1-2H3,(H,20,23)(H,21,24). The first-order chi connectivity index (χ1) is 13.3. The Hall–Kier alpha value is -2.43. The second-order valence-corrected chi connectivity index (χ2v) is 8.65. The van der Waals surface area contributed by atoms with Crippen LogP contribution in [0.1, 0.15) is 22.3 Å². The predicted octanol–water partition coefficient (Wildman–Crippen LogP) is 1.25. The van der Waals surface area contributed by atoms with Crippen LogP contribution in [-0.2, 0) is 14.8 Å². The lowest BCUT2D eigenvalue weighted by molar-refractivity contribution is -0.123. The zero-order valence-corrected chi connectivity index (χ0v) is 17.1. The lowest BCUT2D eigenvalue weighted by atomic mass is 10.2. The molecule has 150 valence electrons. The number of aryl methyl sites for hydroxylation is 1. The van der Waals surface area contributed by atoms with Crippen LogP contribution in [0.15, 0.2) is 53.7 Å². The molecule has 1 heterocycles. The predicted molar refractivity (Wildman–Crippen MR) is 108 cm³/mol. The van der Waals surface area contributed by atoms with Crippen LogP contribution in [0.3, 0.4) is 0 Å². The summed E-state index contributed by atoms with van der Waals surface area (Å²) in [7, 11) is -3.89. The molecule has 0 fully saturated rings. The van der Waals surface area contributed by atoms with Gasteiger partial charge in [-0.1, -0.05) is 17.7 Å². The highest BCUT2D eigenvalue weighted by atomic mass is 32.2. The van der Waals surface area contributed by atoms with Crippen molar-refractivity contribution in [3.05, 3.63) is 59.9 Å². The van der Waals surface area contributed by atoms with E-state index in [9.17, 15) is 18.0 Å². The molecule has 0 aliphatic heterocycles. The number of carbonyl (C=O) groups excluding carboxylic acids is 2. The van der Waals surface area contributed by atoms with E-state index in [0.29, 0.717) is 5.75 Å². The first kappa shape index (κ1) is 21.9. The smallest absolute Gasteiger partial charge is 0.271 e. The molecule has 3 N–H and O–H groups in total. The maximum atomic E-state index is 12.6. The van der Waals surface area contributed by atoms with Crippen LogP contribution in [0.25, 0.3) is 0 Å². The van der Waals surface area contributed by atoms with Crippen molar-refractivity contribution >= 4 is 33.6 Å². The van der Waals surface area contributed by atoms with Gasteiger partial charge in [-0.05, 0) is 49.6 Å². The number of nitrogens with zero attached hydrogens (tertiary/aromatic N) is 1. The maximum Gasteiger partial charge on any atom is 0.271 e. The molecule has 1 aromatic carbocycles. The van der Waals surface area contributed by atoms with Crippen molar-refractivity contribution in [1.82, 2.24) is 20.6 Å². The third-order valence-electron chi connectivity index (χ3n) is 3.78. The Morgan fingerprint density at radius 3 is 2.46 bits per heavy atom.